The molecule has 0 radical (unpaired) electrons. The number of rotatable bonds is 4. The maximum Gasteiger partial charge on any atom is 0.432 e. The maximum atomic E-state index is 12.8. The minimum atomic E-state index is -4.45. The lowest BCUT2D eigenvalue weighted by Gasteiger charge is -2.13. The second kappa shape index (κ2) is 6.70. The average Bonchev–Trinajstić information content (AvgIpc) is 3.05. The number of benzene rings is 1. The molecular weight excluding hydrogens is 327 g/mol. The van der Waals surface area contributed by atoms with Gasteiger partial charge in [-0.2, -0.15) is 18.3 Å². The van der Waals surface area contributed by atoms with E-state index in [1.807, 2.05) is 41.5 Å². The molecule has 1 aromatic carbocycles. The van der Waals surface area contributed by atoms with Crippen molar-refractivity contribution in [2.75, 3.05) is 0 Å². The molecule has 0 aliphatic rings. The van der Waals surface area contributed by atoms with Gasteiger partial charge in [-0.3, -0.25) is 10.1 Å². The van der Waals surface area contributed by atoms with Gasteiger partial charge >= 0.3 is 6.18 Å². The fourth-order valence-corrected chi connectivity index (χ4v) is 2.72. The number of nitrogens with one attached hydrogen (secondary N) is 1. The number of hydrogen-bond acceptors (Lipinski definition) is 2. The summed E-state index contributed by atoms with van der Waals surface area (Å²) in [4.78, 5) is 4.34. The lowest BCUT2D eigenvalue weighted by molar-refractivity contribution is -0.141. The fraction of sp³-hybridized carbons (Fsp3) is 0.263. The first-order valence-electron chi connectivity index (χ1n) is 8.02. The predicted molar refractivity (Wildman–Crippen MR) is 90.8 cm³/mol. The molecule has 0 bridgehead atoms. The Kier molecular flexibility index (Phi) is 4.61. The van der Waals surface area contributed by atoms with Crippen LogP contribution in [0.2, 0.25) is 0 Å². The lowest BCUT2D eigenvalue weighted by atomic mass is 9.94. The van der Waals surface area contributed by atoms with Crippen LogP contribution in [0.3, 0.4) is 0 Å². The largest absolute Gasteiger partial charge is 0.432 e. The monoisotopic (exact) mass is 345 g/mol. The first-order chi connectivity index (χ1) is 11.8. The SMILES string of the molecule is CC(C)Cc1cc(-c2cc(C(F)(F)F)[nH]n2)ncc1-c1ccccc1. The Labute approximate surface area is 143 Å². The van der Waals surface area contributed by atoms with E-state index in [2.05, 4.69) is 23.9 Å². The summed E-state index contributed by atoms with van der Waals surface area (Å²) >= 11 is 0. The molecule has 3 nitrogen and oxygen atoms in total. The van der Waals surface area contributed by atoms with Crippen LogP contribution in [-0.4, -0.2) is 15.2 Å². The van der Waals surface area contributed by atoms with Gasteiger partial charge in [-0.25, -0.2) is 0 Å². The van der Waals surface area contributed by atoms with Crippen molar-refractivity contribution in [3.8, 4) is 22.5 Å². The quantitative estimate of drug-likeness (QED) is 0.692. The number of H-pyrrole nitrogens is 1. The third-order valence-electron chi connectivity index (χ3n) is 3.85. The third-order valence-corrected chi connectivity index (χ3v) is 3.85. The molecule has 2 aromatic heterocycles. The average molecular weight is 345 g/mol. The second-order valence-electron chi connectivity index (χ2n) is 6.36. The zero-order chi connectivity index (χ0) is 18.0. The highest BCUT2D eigenvalue weighted by atomic mass is 19.4. The molecule has 0 fully saturated rings. The Morgan fingerprint density at radius 1 is 1.04 bits per heavy atom. The molecule has 0 aliphatic heterocycles. The summed E-state index contributed by atoms with van der Waals surface area (Å²) in [5.74, 6) is 0.405. The van der Waals surface area contributed by atoms with E-state index in [1.54, 1.807) is 6.20 Å². The summed E-state index contributed by atoms with van der Waals surface area (Å²) in [6, 6.07) is 12.7. The van der Waals surface area contributed by atoms with Crippen LogP contribution in [0.15, 0.2) is 48.7 Å². The molecule has 0 saturated heterocycles. The number of hydrogen-bond donors (Lipinski definition) is 1. The molecule has 0 atom stereocenters. The van der Waals surface area contributed by atoms with Crippen molar-refractivity contribution in [2.24, 2.45) is 5.92 Å². The van der Waals surface area contributed by atoms with Crippen molar-refractivity contribution in [3.63, 3.8) is 0 Å². The topological polar surface area (TPSA) is 41.6 Å². The van der Waals surface area contributed by atoms with Crippen LogP contribution in [0.4, 0.5) is 13.2 Å². The molecule has 1 N–H and O–H groups in total. The van der Waals surface area contributed by atoms with Gasteiger partial charge in [0.25, 0.3) is 0 Å². The molecular formula is C19H18F3N3. The second-order valence-corrected chi connectivity index (χ2v) is 6.36. The van der Waals surface area contributed by atoms with Crippen LogP contribution in [-0.2, 0) is 12.6 Å². The minimum Gasteiger partial charge on any atom is -0.273 e. The minimum absolute atomic E-state index is 0.192. The molecule has 0 unspecified atom stereocenters. The first-order valence-corrected chi connectivity index (χ1v) is 8.02. The highest BCUT2D eigenvalue weighted by Gasteiger charge is 2.33. The van der Waals surface area contributed by atoms with E-state index in [-0.39, 0.29) is 5.69 Å². The van der Waals surface area contributed by atoms with Crippen molar-refractivity contribution in [3.05, 3.63) is 59.9 Å². The summed E-state index contributed by atoms with van der Waals surface area (Å²) in [7, 11) is 0. The van der Waals surface area contributed by atoms with E-state index in [9.17, 15) is 13.2 Å². The van der Waals surface area contributed by atoms with Gasteiger partial charge in [0.2, 0.25) is 0 Å². The third kappa shape index (κ3) is 3.90. The van der Waals surface area contributed by atoms with Crippen molar-refractivity contribution in [2.45, 2.75) is 26.4 Å². The number of pyridine rings is 1. The van der Waals surface area contributed by atoms with Crippen molar-refractivity contribution >= 4 is 0 Å². The van der Waals surface area contributed by atoms with Crippen molar-refractivity contribution in [1.82, 2.24) is 15.2 Å². The number of aromatic nitrogens is 3. The molecule has 0 amide bonds. The maximum absolute atomic E-state index is 12.8. The zero-order valence-electron chi connectivity index (χ0n) is 13.9. The van der Waals surface area contributed by atoms with Crippen LogP contribution in [0, 0.1) is 5.92 Å². The Bertz CT molecular complexity index is 852. The fourth-order valence-electron chi connectivity index (χ4n) is 2.72. The first kappa shape index (κ1) is 17.2. The number of aromatic amines is 1. The van der Waals surface area contributed by atoms with Crippen LogP contribution in [0.25, 0.3) is 22.5 Å². The zero-order valence-corrected chi connectivity index (χ0v) is 13.9. The van der Waals surface area contributed by atoms with E-state index in [1.165, 1.54) is 0 Å². The highest BCUT2D eigenvalue weighted by Crippen LogP contribution is 2.32. The standard InChI is InChI=1S/C19H18F3N3/c1-12(2)8-14-9-16(17-10-18(25-24-17)19(20,21)22)23-11-15(14)13-6-4-3-5-7-13/h3-7,9-12H,8H2,1-2H3,(H,24,25). The summed E-state index contributed by atoms with van der Waals surface area (Å²) < 4.78 is 38.3. The Morgan fingerprint density at radius 3 is 2.36 bits per heavy atom. The summed E-state index contributed by atoms with van der Waals surface area (Å²) in [5.41, 5.74) is 2.82. The Morgan fingerprint density at radius 2 is 1.76 bits per heavy atom. The van der Waals surface area contributed by atoms with E-state index < -0.39 is 11.9 Å². The van der Waals surface area contributed by atoms with E-state index in [0.717, 1.165) is 29.2 Å². The van der Waals surface area contributed by atoms with Crippen LogP contribution in [0.5, 0.6) is 0 Å². The van der Waals surface area contributed by atoms with Gasteiger partial charge in [0.15, 0.2) is 0 Å². The van der Waals surface area contributed by atoms with Gasteiger partial charge in [-0.05, 0) is 35.6 Å². The summed E-state index contributed by atoms with van der Waals surface area (Å²) in [6.07, 6.45) is -1.93. The summed E-state index contributed by atoms with van der Waals surface area (Å²) in [6.45, 7) is 4.20. The van der Waals surface area contributed by atoms with Gasteiger partial charge in [-0.1, -0.05) is 44.2 Å². The molecule has 3 rings (SSSR count). The number of halogens is 3. The smallest absolute Gasteiger partial charge is 0.273 e. The van der Waals surface area contributed by atoms with Crippen LogP contribution >= 0.6 is 0 Å². The Balaban J connectivity index is 2.04. The van der Waals surface area contributed by atoms with Gasteiger partial charge < -0.3 is 0 Å². The molecule has 25 heavy (non-hydrogen) atoms. The molecule has 0 spiro atoms. The van der Waals surface area contributed by atoms with Gasteiger partial charge in [0.05, 0.1) is 5.69 Å². The van der Waals surface area contributed by atoms with E-state index in [4.69, 9.17) is 0 Å². The van der Waals surface area contributed by atoms with Crippen LogP contribution in [0.1, 0.15) is 25.1 Å². The van der Waals surface area contributed by atoms with E-state index >= 15 is 0 Å². The normalized spacial score (nSPS) is 11.9. The van der Waals surface area contributed by atoms with Crippen molar-refractivity contribution in [1.29, 1.82) is 0 Å². The molecule has 0 aliphatic carbocycles. The van der Waals surface area contributed by atoms with Gasteiger partial charge in [0, 0.05) is 11.8 Å². The lowest BCUT2D eigenvalue weighted by Crippen LogP contribution is -2.04. The molecule has 2 heterocycles. The molecule has 6 heteroatoms. The predicted octanol–water partition coefficient (Wildman–Crippen LogP) is 5.36. The molecule has 0 saturated carbocycles. The molecule has 3 aromatic rings. The highest BCUT2D eigenvalue weighted by molar-refractivity contribution is 5.69. The summed E-state index contributed by atoms with van der Waals surface area (Å²) in [5, 5.41) is 5.80. The van der Waals surface area contributed by atoms with E-state index in [0.29, 0.717) is 11.6 Å². The Hall–Kier alpha value is -2.63. The number of nitrogens with zero attached hydrogens (tertiary/aromatic N) is 2. The molecule has 130 valence electrons. The van der Waals surface area contributed by atoms with Gasteiger partial charge in [0.1, 0.15) is 11.4 Å². The van der Waals surface area contributed by atoms with Crippen LogP contribution < -0.4 is 0 Å². The van der Waals surface area contributed by atoms with Gasteiger partial charge in [-0.15, -0.1) is 0 Å². The number of alkyl halides is 3. The van der Waals surface area contributed by atoms with Crippen molar-refractivity contribution < 1.29 is 13.2 Å².